The van der Waals surface area contributed by atoms with Crippen LogP contribution in [0.2, 0.25) is 0 Å². The highest BCUT2D eigenvalue weighted by molar-refractivity contribution is 7.89. The number of hydrogen-bond donors (Lipinski definition) is 1. The quantitative estimate of drug-likeness (QED) is 0.839. The van der Waals surface area contributed by atoms with Crippen LogP contribution in [0.3, 0.4) is 0 Å². The number of likely N-dealkylation sites (tertiary alicyclic amines) is 1. The van der Waals surface area contributed by atoms with Gasteiger partial charge in [0.25, 0.3) is 0 Å². The molecule has 0 bridgehead atoms. The van der Waals surface area contributed by atoms with Crippen molar-refractivity contribution in [2.75, 3.05) is 18.8 Å². The fraction of sp³-hybridized carbons (Fsp3) is 0.647. The number of sulfonamides is 1. The summed E-state index contributed by atoms with van der Waals surface area (Å²) in [5.41, 5.74) is 1.16. The number of piperidine rings is 1. The first-order valence-electron chi connectivity index (χ1n) is 8.61. The molecule has 3 rings (SSSR count). The monoisotopic (exact) mass is 351 g/mol. The van der Waals surface area contributed by atoms with Gasteiger partial charge in [-0.1, -0.05) is 6.07 Å². The van der Waals surface area contributed by atoms with Crippen molar-refractivity contribution in [3.8, 4) is 0 Å². The predicted octanol–water partition coefficient (Wildman–Crippen LogP) is 1.33. The van der Waals surface area contributed by atoms with Crippen LogP contribution in [-0.4, -0.2) is 49.1 Å². The van der Waals surface area contributed by atoms with Crippen molar-refractivity contribution in [3.05, 3.63) is 30.1 Å². The second kappa shape index (κ2) is 6.80. The number of aromatic nitrogens is 1. The summed E-state index contributed by atoms with van der Waals surface area (Å²) >= 11 is 0. The van der Waals surface area contributed by atoms with E-state index in [1.165, 1.54) is 0 Å². The van der Waals surface area contributed by atoms with E-state index in [1.807, 2.05) is 17.0 Å². The average Bonchev–Trinajstić information content (AvgIpc) is 3.24. The van der Waals surface area contributed by atoms with E-state index < -0.39 is 10.0 Å². The zero-order valence-electron chi connectivity index (χ0n) is 14.1. The highest BCUT2D eigenvalue weighted by Crippen LogP contribution is 2.54. The largest absolute Gasteiger partial charge is 0.343 e. The molecule has 1 spiro atoms. The summed E-state index contributed by atoms with van der Waals surface area (Å²) in [6.07, 6.45) is 7.44. The molecule has 1 atom stereocenters. The number of amides is 1. The molecular formula is C17H25N3O3S. The Hall–Kier alpha value is -1.47. The number of rotatable bonds is 6. The zero-order chi connectivity index (χ0) is 17.2. The SMILES string of the molecule is CCS(=O)(=O)NC1CC12CCN(C(=O)CCc1cccnc1)CC2. The second-order valence-electron chi connectivity index (χ2n) is 6.88. The van der Waals surface area contributed by atoms with Gasteiger partial charge in [-0.05, 0) is 49.7 Å². The van der Waals surface area contributed by atoms with Crippen molar-refractivity contribution in [1.29, 1.82) is 0 Å². The smallest absolute Gasteiger partial charge is 0.222 e. The van der Waals surface area contributed by atoms with Gasteiger partial charge >= 0.3 is 0 Å². The molecular weight excluding hydrogens is 326 g/mol. The summed E-state index contributed by atoms with van der Waals surface area (Å²) in [5.74, 6) is 0.304. The van der Waals surface area contributed by atoms with Crippen molar-refractivity contribution < 1.29 is 13.2 Å². The average molecular weight is 351 g/mol. The molecule has 132 valence electrons. The Kier molecular flexibility index (Phi) is 4.92. The molecule has 2 fully saturated rings. The van der Waals surface area contributed by atoms with Crippen molar-refractivity contribution in [1.82, 2.24) is 14.6 Å². The van der Waals surface area contributed by atoms with E-state index >= 15 is 0 Å². The zero-order valence-corrected chi connectivity index (χ0v) is 14.9. The third-order valence-electron chi connectivity index (χ3n) is 5.35. The summed E-state index contributed by atoms with van der Waals surface area (Å²) in [7, 11) is -3.14. The second-order valence-corrected chi connectivity index (χ2v) is 8.92. The lowest BCUT2D eigenvalue weighted by Crippen LogP contribution is -2.42. The predicted molar refractivity (Wildman–Crippen MR) is 91.8 cm³/mol. The molecule has 1 saturated carbocycles. The van der Waals surface area contributed by atoms with Crippen LogP contribution < -0.4 is 4.72 Å². The van der Waals surface area contributed by atoms with Crippen LogP contribution in [0.15, 0.2) is 24.5 Å². The van der Waals surface area contributed by atoms with Gasteiger partial charge in [-0.3, -0.25) is 9.78 Å². The third-order valence-corrected chi connectivity index (χ3v) is 6.76. The van der Waals surface area contributed by atoms with Crippen molar-refractivity contribution >= 4 is 15.9 Å². The van der Waals surface area contributed by atoms with Gasteiger partial charge in [0.2, 0.25) is 15.9 Å². The summed E-state index contributed by atoms with van der Waals surface area (Å²) < 4.78 is 26.2. The minimum absolute atomic E-state index is 0.0649. The van der Waals surface area contributed by atoms with Crippen LogP contribution in [0.25, 0.3) is 0 Å². The molecule has 1 aromatic heterocycles. The number of hydrogen-bond acceptors (Lipinski definition) is 4. The van der Waals surface area contributed by atoms with Crippen molar-refractivity contribution in [3.63, 3.8) is 0 Å². The van der Waals surface area contributed by atoms with Crippen LogP contribution in [0.1, 0.15) is 38.2 Å². The molecule has 2 aliphatic rings. The highest BCUT2D eigenvalue weighted by atomic mass is 32.2. The standard InChI is InChI=1S/C17H25N3O3S/c1-2-24(22,23)19-15-12-17(15)7-10-20(11-8-17)16(21)6-5-14-4-3-9-18-13-14/h3-4,9,13,15,19H,2,5-8,10-12H2,1H3. The van der Waals surface area contributed by atoms with Gasteiger partial charge in [-0.25, -0.2) is 13.1 Å². The molecule has 0 aromatic carbocycles. The highest BCUT2D eigenvalue weighted by Gasteiger charge is 2.56. The molecule has 2 heterocycles. The minimum Gasteiger partial charge on any atom is -0.343 e. The molecule has 1 aliphatic carbocycles. The summed E-state index contributed by atoms with van der Waals surface area (Å²) in [6, 6.07) is 3.94. The normalized spacial score (nSPS) is 22.5. The van der Waals surface area contributed by atoms with Crippen LogP contribution in [0.4, 0.5) is 0 Å². The topological polar surface area (TPSA) is 79.4 Å². The fourth-order valence-corrected chi connectivity index (χ4v) is 4.46. The molecule has 7 heteroatoms. The Labute approximate surface area is 143 Å². The van der Waals surface area contributed by atoms with Gasteiger partial charge in [0.1, 0.15) is 0 Å². The maximum Gasteiger partial charge on any atom is 0.222 e. The summed E-state index contributed by atoms with van der Waals surface area (Å²) in [5, 5.41) is 0. The van der Waals surface area contributed by atoms with E-state index in [0.29, 0.717) is 12.8 Å². The number of aryl methyl sites for hydroxylation is 1. The van der Waals surface area contributed by atoms with E-state index in [1.54, 1.807) is 19.3 Å². The number of carbonyl (C=O) groups excluding carboxylic acids is 1. The Morgan fingerprint density at radius 3 is 2.79 bits per heavy atom. The van der Waals surface area contributed by atoms with Gasteiger partial charge in [0.15, 0.2) is 0 Å². The van der Waals surface area contributed by atoms with Gasteiger partial charge in [0, 0.05) is 37.9 Å². The number of nitrogens with one attached hydrogen (secondary N) is 1. The Morgan fingerprint density at radius 1 is 1.42 bits per heavy atom. The molecule has 1 N–H and O–H groups in total. The lowest BCUT2D eigenvalue weighted by molar-refractivity contribution is -0.132. The van der Waals surface area contributed by atoms with E-state index in [2.05, 4.69) is 9.71 Å². The Bertz CT molecular complexity index is 682. The minimum atomic E-state index is -3.14. The lowest BCUT2D eigenvalue weighted by atomic mass is 9.92. The summed E-state index contributed by atoms with van der Waals surface area (Å²) in [4.78, 5) is 18.3. The van der Waals surface area contributed by atoms with Gasteiger partial charge in [-0.15, -0.1) is 0 Å². The summed E-state index contributed by atoms with van der Waals surface area (Å²) in [6.45, 7) is 3.12. The van der Waals surface area contributed by atoms with Crippen LogP contribution in [0, 0.1) is 5.41 Å². The molecule has 1 aromatic rings. The third kappa shape index (κ3) is 3.95. The first-order valence-corrected chi connectivity index (χ1v) is 10.3. The molecule has 24 heavy (non-hydrogen) atoms. The number of carbonyl (C=O) groups is 1. The molecule has 0 radical (unpaired) electrons. The molecule has 6 nitrogen and oxygen atoms in total. The van der Waals surface area contributed by atoms with E-state index in [4.69, 9.17) is 0 Å². The first kappa shape index (κ1) is 17.4. The van der Waals surface area contributed by atoms with Crippen LogP contribution in [0.5, 0.6) is 0 Å². The van der Waals surface area contributed by atoms with E-state index in [9.17, 15) is 13.2 Å². The van der Waals surface area contributed by atoms with Crippen molar-refractivity contribution in [2.24, 2.45) is 5.41 Å². The maximum atomic E-state index is 12.4. The van der Waals surface area contributed by atoms with E-state index in [-0.39, 0.29) is 23.1 Å². The van der Waals surface area contributed by atoms with Gasteiger partial charge < -0.3 is 4.90 Å². The first-order chi connectivity index (χ1) is 11.4. The van der Waals surface area contributed by atoms with Crippen LogP contribution in [-0.2, 0) is 21.2 Å². The Balaban J connectivity index is 1.45. The molecule has 1 saturated heterocycles. The van der Waals surface area contributed by atoms with E-state index in [0.717, 1.165) is 37.9 Å². The lowest BCUT2D eigenvalue weighted by Gasteiger charge is -2.33. The van der Waals surface area contributed by atoms with Gasteiger partial charge in [0.05, 0.1) is 5.75 Å². The number of nitrogens with zero attached hydrogens (tertiary/aromatic N) is 2. The van der Waals surface area contributed by atoms with Crippen molar-refractivity contribution in [2.45, 2.75) is 45.1 Å². The molecule has 1 amide bonds. The maximum absolute atomic E-state index is 12.4. The fourth-order valence-electron chi connectivity index (χ4n) is 3.52. The number of pyridine rings is 1. The molecule has 1 unspecified atom stereocenters. The molecule has 1 aliphatic heterocycles. The van der Waals surface area contributed by atoms with Gasteiger partial charge in [-0.2, -0.15) is 0 Å². The van der Waals surface area contributed by atoms with Crippen LogP contribution >= 0.6 is 0 Å². The Morgan fingerprint density at radius 2 is 2.17 bits per heavy atom.